The molecule has 2 heterocycles. The predicted molar refractivity (Wildman–Crippen MR) is 112 cm³/mol. The Morgan fingerprint density at radius 1 is 1.13 bits per heavy atom. The number of carbonyl (C=O) groups is 1. The number of aromatic nitrogens is 3. The average molecular weight is 420 g/mol. The summed E-state index contributed by atoms with van der Waals surface area (Å²) in [6, 6.07) is 17.8. The van der Waals surface area contributed by atoms with Crippen LogP contribution >= 0.6 is 0 Å². The Labute approximate surface area is 178 Å². The molecule has 0 saturated heterocycles. The topological polar surface area (TPSA) is 82.2 Å². The fourth-order valence-corrected chi connectivity index (χ4v) is 3.11. The highest BCUT2D eigenvalue weighted by molar-refractivity contribution is 6.03. The van der Waals surface area contributed by atoms with Gasteiger partial charge in [-0.05, 0) is 31.5 Å². The molecule has 8 heteroatoms. The molecule has 0 saturated carbocycles. The molecule has 0 aliphatic heterocycles. The first-order valence-corrected chi connectivity index (χ1v) is 9.73. The van der Waals surface area contributed by atoms with E-state index in [1.807, 2.05) is 37.3 Å². The summed E-state index contributed by atoms with van der Waals surface area (Å²) in [6.07, 6.45) is 0. The highest BCUT2D eigenvalue weighted by Gasteiger charge is 2.22. The summed E-state index contributed by atoms with van der Waals surface area (Å²) in [4.78, 5) is 12.8. The van der Waals surface area contributed by atoms with Crippen LogP contribution in [-0.2, 0) is 13.2 Å². The number of benzene rings is 2. The molecule has 0 bridgehead atoms. The number of rotatable bonds is 7. The maximum atomic E-state index is 13.8. The Morgan fingerprint density at radius 2 is 1.87 bits per heavy atom. The van der Waals surface area contributed by atoms with Crippen LogP contribution in [0.25, 0.3) is 0 Å². The van der Waals surface area contributed by atoms with E-state index in [2.05, 4.69) is 15.6 Å². The van der Waals surface area contributed by atoms with Gasteiger partial charge >= 0.3 is 0 Å². The molecule has 0 fully saturated rings. The third-order valence-electron chi connectivity index (χ3n) is 4.81. The third-order valence-corrected chi connectivity index (χ3v) is 4.81. The SMILES string of the molecule is Cc1onc(C(=O)Nc2cc(C)n(Cc3ccccc3)n2)c1COc1ccccc1F. The first-order chi connectivity index (χ1) is 15.0. The number of nitrogens with one attached hydrogen (secondary N) is 1. The van der Waals surface area contributed by atoms with Gasteiger partial charge in [-0.2, -0.15) is 5.10 Å². The van der Waals surface area contributed by atoms with Gasteiger partial charge in [-0.15, -0.1) is 0 Å². The molecular weight excluding hydrogens is 399 g/mol. The Bertz CT molecular complexity index is 1200. The largest absolute Gasteiger partial charge is 0.486 e. The number of anilines is 1. The van der Waals surface area contributed by atoms with Crippen molar-refractivity contribution >= 4 is 11.7 Å². The molecule has 158 valence electrons. The van der Waals surface area contributed by atoms with E-state index in [9.17, 15) is 9.18 Å². The summed E-state index contributed by atoms with van der Waals surface area (Å²) < 4.78 is 26.3. The van der Waals surface area contributed by atoms with Gasteiger partial charge in [0.25, 0.3) is 5.91 Å². The Balaban J connectivity index is 1.47. The van der Waals surface area contributed by atoms with Crippen LogP contribution < -0.4 is 10.1 Å². The van der Waals surface area contributed by atoms with Crippen molar-refractivity contribution in [3.05, 3.63) is 94.8 Å². The second kappa shape index (κ2) is 8.83. The van der Waals surface area contributed by atoms with Gasteiger partial charge in [-0.1, -0.05) is 47.6 Å². The van der Waals surface area contributed by atoms with Crippen molar-refractivity contribution in [1.82, 2.24) is 14.9 Å². The van der Waals surface area contributed by atoms with E-state index in [0.29, 0.717) is 23.7 Å². The number of ether oxygens (including phenoxy) is 1. The maximum absolute atomic E-state index is 13.8. The van der Waals surface area contributed by atoms with Gasteiger partial charge in [0, 0.05) is 11.8 Å². The molecule has 4 aromatic rings. The monoisotopic (exact) mass is 420 g/mol. The Morgan fingerprint density at radius 3 is 2.65 bits per heavy atom. The van der Waals surface area contributed by atoms with Crippen LogP contribution in [0.2, 0.25) is 0 Å². The van der Waals surface area contributed by atoms with Gasteiger partial charge in [-0.25, -0.2) is 4.39 Å². The number of amides is 1. The summed E-state index contributed by atoms with van der Waals surface area (Å²) in [6.45, 7) is 4.12. The van der Waals surface area contributed by atoms with Crippen LogP contribution in [0, 0.1) is 19.7 Å². The Kier molecular flexibility index (Phi) is 5.79. The van der Waals surface area contributed by atoms with E-state index in [4.69, 9.17) is 9.26 Å². The van der Waals surface area contributed by atoms with Gasteiger partial charge in [-0.3, -0.25) is 9.48 Å². The fraction of sp³-hybridized carbons (Fsp3) is 0.174. The van der Waals surface area contributed by atoms with Crippen molar-refractivity contribution in [2.24, 2.45) is 0 Å². The van der Waals surface area contributed by atoms with Crippen LogP contribution in [0.1, 0.15) is 33.1 Å². The van der Waals surface area contributed by atoms with E-state index >= 15 is 0 Å². The van der Waals surface area contributed by atoms with E-state index < -0.39 is 11.7 Å². The van der Waals surface area contributed by atoms with E-state index in [1.165, 1.54) is 12.1 Å². The number of para-hydroxylation sites is 1. The highest BCUT2D eigenvalue weighted by Crippen LogP contribution is 2.21. The summed E-state index contributed by atoms with van der Waals surface area (Å²) in [5, 5.41) is 11.1. The second-order valence-electron chi connectivity index (χ2n) is 7.05. The van der Waals surface area contributed by atoms with Crippen molar-refractivity contribution in [3.8, 4) is 5.75 Å². The molecule has 2 aromatic carbocycles. The normalized spacial score (nSPS) is 10.8. The highest BCUT2D eigenvalue weighted by atomic mass is 19.1. The number of hydrogen-bond donors (Lipinski definition) is 1. The number of carbonyl (C=O) groups excluding carboxylic acids is 1. The summed E-state index contributed by atoms with van der Waals surface area (Å²) >= 11 is 0. The lowest BCUT2D eigenvalue weighted by Crippen LogP contribution is -2.16. The van der Waals surface area contributed by atoms with Gasteiger partial charge in [0.2, 0.25) is 0 Å². The van der Waals surface area contributed by atoms with Crippen molar-refractivity contribution < 1.29 is 18.4 Å². The number of hydrogen-bond acceptors (Lipinski definition) is 5. The number of aryl methyl sites for hydroxylation is 2. The smallest absolute Gasteiger partial charge is 0.279 e. The first kappa shape index (κ1) is 20.3. The first-order valence-electron chi connectivity index (χ1n) is 9.73. The molecule has 0 spiro atoms. The molecule has 0 atom stereocenters. The van der Waals surface area contributed by atoms with Crippen molar-refractivity contribution in [3.63, 3.8) is 0 Å². The van der Waals surface area contributed by atoms with Gasteiger partial charge < -0.3 is 14.6 Å². The van der Waals surface area contributed by atoms with Crippen molar-refractivity contribution in [1.29, 1.82) is 0 Å². The standard InChI is InChI=1S/C23H21FN4O3/c1-15-12-21(26-28(15)13-17-8-4-3-5-9-17)25-23(29)22-18(16(2)31-27-22)14-30-20-11-7-6-10-19(20)24/h3-12H,13-14H2,1-2H3,(H,25,26,29). The molecule has 1 amide bonds. The van der Waals surface area contributed by atoms with Crippen LogP contribution in [0.5, 0.6) is 5.75 Å². The molecule has 31 heavy (non-hydrogen) atoms. The quantitative estimate of drug-likeness (QED) is 0.476. The summed E-state index contributed by atoms with van der Waals surface area (Å²) in [5.41, 5.74) is 2.52. The van der Waals surface area contributed by atoms with Crippen LogP contribution in [0.15, 0.2) is 65.2 Å². The van der Waals surface area contributed by atoms with Crippen LogP contribution in [0.4, 0.5) is 10.2 Å². The molecule has 7 nitrogen and oxygen atoms in total. The van der Waals surface area contributed by atoms with Gasteiger partial charge in [0.1, 0.15) is 12.4 Å². The van der Waals surface area contributed by atoms with Crippen LogP contribution in [-0.4, -0.2) is 20.8 Å². The third kappa shape index (κ3) is 4.63. The minimum Gasteiger partial charge on any atom is -0.486 e. The summed E-state index contributed by atoms with van der Waals surface area (Å²) in [5.74, 6) is -0.0487. The minimum atomic E-state index is -0.484. The molecule has 0 radical (unpaired) electrons. The van der Waals surface area contributed by atoms with Crippen molar-refractivity contribution in [2.75, 3.05) is 5.32 Å². The van der Waals surface area contributed by atoms with Gasteiger partial charge in [0.05, 0.1) is 12.1 Å². The molecular formula is C23H21FN4O3. The average Bonchev–Trinajstić information content (AvgIpc) is 3.30. The van der Waals surface area contributed by atoms with E-state index in [0.717, 1.165) is 11.3 Å². The minimum absolute atomic E-state index is 0.0551. The fourth-order valence-electron chi connectivity index (χ4n) is 3.11. The maximum Gasteiger partial charge on any atom is 0.279 e. The second-order valence-corrected chi connectivity index (χ2v) is 7.05. The lowest BCUT2D eigenvalue weighted by molar-refractivity contribution is 0.101. The lowest BCUT2D eigenvalue weighted by atomic mass is 10.2. The van der Waals surface area contributed by atoms with E-state index in [1.54, 1.807) is 29.8 Å². The molecule has 4 rings (SSSR count). The zero-order valence-corrected chi connectivity index (χ0v) is 17.1. The molecule has 1 N–H and O–H groups in total. The number of nitrogens with zero attached hydrogens (tertiary/aromatic N) is 3. The molecule has 2 aromatic heterocycles. The van der Waals surface area contributed by atoms with Crippen molar-refractivity contribution in [2.45, 2.75) is 27.0 Å². The molecule has 0 aliphatic rings. The van der Waals surface area contributed by atoms with Gasteiger partial charge in [0.15, 0.2) is 23.1 Å². The number of halogens is 1. The van der Waals surface area contributed by atoms with Crippen LogP contribution in [0.3, 0.4) is 0 Å². The predicted octanol–water partition coefficient (Wildman–Crippen LogP) is 4.51. The lowest BCUT2D eigenvalue weighted by Gasteiger charge is -2.07. The zero-order chi connectivity index (χ0) is 21.8. The molecule has 0 aliphatic carbocycles. The zero-order valence-electron chi connectivity index (χ0n) is 17.1. The Hall–Kier alpha value is -3.94. The van der Waals surface area contributed by atoms with E-state index in [-0.39, 0.29) is 18.1 Å². The summed E-state index contributed by atoms with van der Waals surface area (Å²) in [7, 11) is 0. The molecule has 0 unspecified atom stereocenters.